The second-order valence-electron chi connectivity index (χ2n) is 7.32. The maximum Gasteiger partial charge on any atom is 0.387 e. The first-order valence-electron chi connectivity index (χ1n) is 10.1. The maximum absolute atomic E-state index is 13.2. The van der Waals surface area contributed by atoms with E-state index in [1.807, 2.05) is 0 Å². The lowest BCUT2D eigenvalue weighted by Crippen LogP contribution is -2.50. The van der Waals surface area contributed by atoms with E-state index >= 15 is 0 Å². The molecule has 0 spiro atoms. The molecule has 1 aliphatic heterocycles. The van der Waals surface area contributed by atoms with E-state index in [-0.39, 0.29) is 29.5 Å². The second kappa shape index (κ2) is 11.2. The Morgan fingerprint density at radius 3 is 2.45 bits per heavy atom. The molecule has 2 aromatic rings. The number of methoxy groups -OCH3 is 1. The molecule has 1 saturated heterocycles. The number of nitrogens with zero attached hydrogens (tertiary/aromatic N) is 2. The van der Waals surface area contributed by atoms with Gasteiger partial charge in [-0.2, -0.15) is 8.78 Å². The van der Waals surface area contributed by atoms with Crippen molar-refractivity contribution in [3.05, 3.63) is 58.4 Å². The minimum atomic E-state index is -3.02. The molecular formula is C22H23ClF3N3O4. The van der Waals surface area contributed by atoms with E-state index in [2.05, 4.69) is 15.0 Å². The molecule has 7 nitrogen and oxygen atoms in total. The fourth-order valence-electron chi connectivity index (χ4n) is 3.42. The molecule has 2 amide bonds. The van der Waals surface area contributed by atoms with Gasteiger partial charge in [-0.15, -0.1) is 0 Å². The van der Waals surface area contributed by atoms with E-state index in [9.17, 15) is 22.8 Å². The fraction of sp³-hybridized carbons (Fsp3) is 0.364. The zero-order valence-corrected chi connectivity index (χ0v) is 18.6. The third-order valence-corrected chi connectivity index (χ3v) is 5.53. The molecule has 0 bridgehead atoms. The lowest BCUT2D eigenvalue weighted by molar-refractivity contribution is -0.131. The zero-order valence-electron chi connectivity index (χ0n) is 17.8. The van der Waals surface area contributed by atoms with Gasteiger partial charge in [0.15, 0.2) is 11.5 Å². The number of carbonyl (C=O) groups is 2. The molecule has 1 heterocycles. The number of hydrogen-bond donors (Lipinski definition) is 1. The van der Waals surface area contributed by atoms with Crippen LogP contribution in [0.1, 0.15) is 15.9 Å². The third kappa shape index (κ3) is 6.75. The van der Waals surface area contributed by atoms with Crippen LogP contribution in [-0.4, -0.2) is 68.1 Å². The highest BCUT2D eigenvalue weighted by atomic mass is 35.5. The number of alkyl halides is 2. The summed E-state index contributed by atoms with van der Waals surface area (Å²) < 4.78 is 47.4. The van der Waals surface area contributed by atoms with Crippen LogP contribution in [0, 0.1) is 5.82 Å². The molecule has 1 fully saturated rings. The number of carbonyl (C=O) groups excluding carboxylic acids is 2. The van der Waals surface area contributed by atoms with Crippen LogP contribution < -0.4 is 14.8 Å². The first-order chi connectivity index (χ1) is 15.8. The quantitative estimate of drug-likeness (QED) is 0.622. The zero-order chi connectivity index (χ0) is 24.0. The lowest BCUT2D eigenvalue weighted by atomic mass is 10.2. The van der Waals surface area contributed by atoms with E-state index < -0.39 is 18.3 Å². The predicted octanol–water partition coefficient (Wildman–Crippen LogP) is 3.16. The molecule has 33 heavy (non-hydrogen) atoms. The van der Waals surface area contributed by atoms with Gasteiger partial charge < -0.3 is 19.7 Å². The van der Waals surface area contributed by atoms with Crippen LogP contribution >= 0.6 is 11.6 Å². The Kier molecular flexibility index (Phi) is 8.40. The number of rotatable bonds is 8. The van der Waals surface area contributed by atoms with Gasteiger partial charge in [0, 0.05) is 43.3 Å². The second-order valence-corrected chi connectivity index (χ2v) is 7.73. The van der Waals surface area contributed by atoms with E-state index in [0.29, 0.717) is 37.7 Å². The molecule has 11 heteroatoms. The number of amides is 2. The first kappa shape index (κ1) is 24.7. The highest BCUT2D eigenvalue weighted by Gasteiger charge is 2.22. The molecule has 1 N–H and O–H groups in total. The van der Waals surface area contributed by atoms with Crippen molar-refractivity contribution in [2.75, 3.05) is 39.8 Å². The largest absolute Gasteiger partial charge is 0.493 e. The summed E-state index contributed by atoms with van der Waals surface area (Å²) in [5, 5.41) is 2.89. The summed E-state index contributed by atoms with van der Waals surface area (Å²) in [5.41, 5.74) is 0.952. The molecule has 0 saturated carbocycles. The Morgan fingerprint density at radius 1 is 1.09 bits per heavy atom. The topological polar surface area (TPSA) is 71.1 Å². The Morgan fingerprint density at radius 2 is 1.82 bits per heavy atom. The normalized spacial score (nSPS) is 14.3. The SMILES string of the molecule is COc1cc(C(=O)NCC(=O)N2CCN(Cc3ccc(F)cc3Cl)CC2)ccc1OC(F)F. The van der Waals surface area contributed by atoms with Crippen LogP contribution in [-0.2, 0) is 11.3 Å². The smallest absolute Gasteiger partial charge is 0.387 e. The highest BCUT2D eigenvalue weighted by Crippen LogP contribution is 2.29. The van der Waals surface area contributed by atoms with Gasteiger partial charge in [-0.25, -0.2) is 4.39 Å². The van der Waals surface area contributed by atoms with Crippen LogP contribution in [0.4, 0.5) is 13.2 Å². The number of piperazine rings is 1. The van der Waals surface area contributed by atoms with Crippen LogP contribution in [0.25, 0.3) is 0 Å². The minimum absolute atomic E-state index is 0.0216. The predicted molar refractivity (Wildman–Crippen MR) is 115 cm³/mol. The summed E-state index contributed by atoms with van der Waals surface area (Å²) in [5.74, 6) is -1.40. The lowest BCUT2D eigenvalue weighted by Gasteiger charge is -2.35. The van der Waals surface area contributed by atoms with E-state index in [0.717, 1.165) is 5.56 Å². The van der Waals surface area contributed by atoms with Crippen molar-refractivity contribution in [1.82, 2.24) is 15.1 Å². The number of nitrogens with one attached hydrogen (secondary N) is 1. The van der Waals surface area contributed by atoms with Crippen molar-refractivity contribution >= 4 is 23.4 Å². The van der Waals surface area contributed by atoms with Gasteiger partial charge in [0.1, 0.15) is 5.82 Å². The summed E-state index contributed by atoms with van der Waals surface area (Å²) in [6, 6.07) is 8.05. The molecule has 0 unspecified atom stereocenters. The first-order valence-corrected chi connectivity index (χ1v) is 10.5. The molecule has 0 radical (unpaired) electrons. The van der Waals surface area contributed by atoms with E-state index in [4.69, 9.17) is 16.3 Å². The molecule has 0 aliphatic carbocycles. The van der Waals surface area contributed by atoms with Crippen molar-refractivity contribution in [3.8, 4) is 11.5 Å². The van der Waals surface area contributed by atoms with Gasteiger partial charge in [-0.1, -0.05) is 17.7 Å². The van der Waals surface area contributed by atoms with Gasteiger partial charge >= 0.3 is 6.61 Å². The van der Waals surface area contributed by atoms with Crippen molar-refractivity contribution in [2.45, 2.75) is 13.2 Å². The van der Waals surface area contributed by atoms with Gasteiger partial charge in [0.25, 0.3) is 5.91 Å². The number of halogens is 4. The summed E-state index contributed by atoms with van der Waals surface area (Å²) in [6.07, 6.45) is 0. The van der Waals surface area contributed by atoms with Crippen molar-refractivity contribution in [2.24, 2.45) is 0 Å². The van der Waals surface area contributed by atoms with Crippen LogP contribution in [0.3, 0.4) is 0 Å². The van der Waals surface area contributed by atoms with Gasteiger partial charge in [-0.3, -0.25) is 14.5 Å². The molecule has 2 aromatic carbocycles. The van der Waals surface area contributed by atoms with Gasteiger partial charge in [0.2, 0.25) is 5.91 Å². The van der Waals surface area contributed by atoms with Gasteiger partial charge in [-0.05, 0) is 35.9 Å². The average Bonchev–Trinajstić information content (AvgIpc) is 2.79. The highest BCUT2D eigenvalue weighted by molar-refractivity contribution is 6.31. The molecule has 1 aliphatic rings. The summed E-state index contributed by atoms with van der Waals surface area (Å²) in [4.78, 5) is 28.6. The Bertz CT molecular complexity index is 1000. The van der Waals surface area contributed by atoms with Crippen molar-refractivity contribution in [3.63, 3.8) is 0 Å². The Labute approximate surface area is 194 Å². The molecule has 178 valence electrons. The Balaban J connectivity index is 1.48. The summed E-state index contributed by atoms with van der Waals surface area (Å²) in [7, 11) is 1.27. The number of ether oxygens (including phenoxy) is 2. The molecule has 0 aromatic heterocycles. The standard InChI is InChI=1S/C22H23ClF3N3O4/c1-32-19-10-14(3-5-18(19)33-22(25)26)21(31)27-12-20(30)29-8-6-28(7-9-29)13-15-2-4-16(24)11-17(15)23/h2-5,10-11,22H,6-9,12-13H2,1H3,(H,27,31). The van der Waals surface area contributed by atoms with E-state index in [1.54, 1.807) is 11.0 Å². The van der Waals surface area contributed by atoms with Crippen LogP contribution in [0.5, 0.6) is 11.5 Å². The monoisotopic (exact) mass is 485 g/mol. The van der Waals surface area contributed by atoms with Crippen LogP contribution in [0.15, 0.2) is 36.4 Å². The van der Waals surface area contributed by atoms with Crippen molar-refractivity contribution < 1.29 is 32.2 Å². The molecule has 0 atom stereocenters. The Hall–Kier alpha value is -2.98. The van der Waals surface area contributed by atoms with Gasteiger partial charge in [0.05, 0.1) is 13.7 Å². The summed E-state index contributed by atoms with van der Waals surface area (Å²) >= 11 is 6.08. The minimum Gasteiger partial charge on any atom is -0.493 e. The summed E-state index contributed by atoms with van der Waals surface area (Å²) in [6.45, 7) is -0.524. The number of benzene rings is 2. The average molecular weight is 486 g/mol. The third-order valence-electron chi connectivity index (χ3n) is 5.18. The maximum atomic E-state index is 13.2. The molecular weight excluding hydrogens is 463 g/mol. The fourth-order valence-corrected chi connectivity index (χ4v) is 3.65. The van der Waals surface area contributed by atoms with Crippen molar-refractivity contribution in [1.29, 1.82) is 0 Å². The molecule has 3 rings (SSSR count). The van der Waals surface area contributed by atoms with Crippen LogP contribution in [0.2, 0.25) is 5.02 Å². The van der Waals surface area contributed by atoms with E-state index in [1.165, 1.54) is 37.4 Å². The number of hydrogen-bond acceptors (Lipinski definition) is 5.